The van der Waals surface area contributed by atoms with Crippen molar-refractivity contribution in [2.75, 3.05) is 0 Å². The molecule has 0 aromatic heterocycles. The van der Waals surface area contributed by atoms with Crippen molar-refractivity contribution in [3.05, 3.63) is 35.9 Å². The average Bonchev–Trinajstić information content (AvgIpc) is 2.61. The molecule has 0 spiro atoms. The van der Waals surface area contributed by atoms with Gasteiger partial charge in [0.25, 0.3) is 0 Å². The second-order valence-electron chi connectivity index (χ2n) is 9.20. The summed E-state index contributed by atoms with van der Waals surface area (Å²) in [5.41, 5.74) is -0.856. The minimum absolute atomic E-state index is 0.342. The number of hydrogen-bond donors (Lipinski definition) is 2. The van der Waals surface area contributed by atoms with Gasteiger partial charge >= 0.3 is 11.9 Å². The largest absolute Gasteiger partial charge is 0.481 e. The van der Waals surface area contributed by atoms with E-state index in [1.807, 2.05) is 65.0 Å². The van der Waals surface area contributed by atoms with Gasteiger partial charge in [-0.1, -0.05) is 84.2 Å². The van der Waals surface area contributed by atoms with Crippen LogP contribution >= 0.6 is 0 Å². The highest BCUT2D eigenvalue weighted by Crippen LogP contribution is 2.46. The standard InChI is InChI=1S/C24H38O4/c1-6-15-23(20(25)26,18-19-13-9-8-10-14-19)16-11-12-17-24(7-2,21(27)28)22(3,4)5/h8-10,13-14H,6-7,11-12,15-18H2,1-5H3,(H,25,26)(H,27,28). The van der Waals surface area contributed by atoms with Gasteiger partial charge in [0, 0.05) is 0 Å². The molecule has 4 heteroatoms. The third-order valence-corrected chi connectivity index (χ3v) is 6.53. The Kier molecular flexibility index (Phi) is 8.72. The van der Waals surface area contributed by atoms with Gasteiger partial charge < -0.3 is 10.2 Å². The first-order valence-electron chi connectivity index (χ1n) is 10.6. The topological polar surface area (TPSA) is 74.6 Å². The minimum atomic E-state index is -0.782. The van der Waals surface area contributed by atoms with Crippen molar-refractivity contribution in [1.82, 2.24) is 0 Å². The number of unbranched alkanes of at least 4 members (excludes halogenated alkanes) is 1. The van der Waals surface area contributed by atoms with Crippen LogP contribution in [0.2, 0.25) is 0 Å². The predicted molar refractivity (Wildman–Crippen MR) is 113 cm³/mol. The lowest BCUT2D eigenvalue weighted by Gasteiger charge is -2.41. The van der Waals surface area contributed by atoms with Crippen LogP contribution in [-0.2, 0) is 16.0 Å². The Morgan fingerprint density at radius 3 is 1.86 bits per heavy atom. The average molecular weight is 391 g/mol. The number of hydrogen-bond acceptors (Lipinski definition) is 2. The van der Waals surface area contributed by atoms with Crippen molar-refractivity contribution in [3.63, 3.8) is 0 Å². The van der Waals surface area contributed by atoms with E-state index in [0.29, 0.717) is 32.1 Å². The van der Waals surface area contributed by atoms with Crippen LogP contribution in [0.5, 0.6) is 0 Å². The molecular weight excluding hydrogens is 352 g/mol. The molecule has 28 heavy (non-hydrogen) atoms. The maximum Gasteiger partial charge on any atom is 0.310 e. The molecule has 0 bridgehead atoms. The molecule has 0 aliphatic rings. The van der Waals surface area contributed by atoms with E-state index < -0.39 is 22.8 Å². The van der Waals surface area contributed by atoms with Crippen molar-refractivity contribution in [2.45, 2.75) is 86.0 Å². The molecule has 4 nitrogen and oxygen atoms in total. The van der Waals surface area contributed by atoms with E-state index in [0.717, 1.165) is 24.8 Å². The summed E-state index contributed by atoms with van der Waals surface area (Å²) in [5, 5.41) is 19.9. The minimum Gasteiger partial charge on any atom is -0.481 e. The number of benzene rings is 1. The van der Waals surface area contributed by atoms with Gasteiger partial charge in [-0.2, -0.15) is 0 Å². The molecule has 1 aromatic carbocycles. The van der Waals surface area contributed by atoms with Crippen LogP contribution in [0.1, 0.15) is 85.1 Å². The highest BCUT2D eigenvalue weighted by Gasteiger charge is 2.46. The fourth-order valence-electron chi connectivity index (χ4n) is 4.61. The second-order valence-corrected chi connectivity index (χ2v) is 9.20. The van der Waals surface area contributed by atoms with Crippen LogP contribution in [-0.4, -0.2) is 22.2 Å². The zero-order chi connectivity index (χ0) is 21.4. The van der Waals surface area contributed by atoms with Crippen molar-refractivity contribution in [1.29, 1.82) is 0 Å². The van der Waals surface area contributed by atoms with E-state index in [4.69, 9.17) is 0 Å². The quantitative estimate of drug-likeness (QED) is 0.417. The van der Waals surface area contributed by atoms with Gasteiger partial charge in [0.15, 0.2) is 0 Å². The highest BCUT2D eigenvalue weighted by molar-refractivity contribution is 5.76. The lowest BCUT2D eigenvalue weighted by molar-refractivity contribution is -0.158. The second kappa shape index (κ2) is 10.1. The summed E-state index contributed by atoms with van der Waals surface area (Å²) >= 11 is 0. The Hall–Kier alpha value is -1.84. The molecule has 0 aliphatic carbocycles. The van der Waals surface area contributed by atoms with Crippen LogP contribution in [0.25, 0.3) is 0 Å². The first kappa shape index (κ1) is 24.2. The summed E-state index contributed by atoms with van der Waals surface area (Å²) < 4.78 is 0. The van der Waals surface area contributed by atoms with E-state index in [1.165, 1.54) is 0 Å². The van der Waals surface area contributed by atoms with Gasteiger partial charge in [0.05, 0.1) is 10.8 Å². The van der Waals surface area contributed by atoms with Crippen LogP contribution in [0, 0.1) is 16.2 Å². The Bertz CT molecular complexity index is 632. The highest BCUT2D eigenvalue weighted by atomic mass is 16.4. The van der Waals surface area contributed by atoms with E-state index in [1.54, 1.807) is 0 Å². The van der Waals surface area contributed by atoms with E-state index in [9.17, 15) is 19.8 Å². The van der Waals surface area contributed by atoms with Gasteiger partial charge in [0.1, 0.15) is 0 Å². The molecule has 0 saturated heterocycles. The molecule has 1 rings (SSSR count). The van der Waals surface area contributed by atoms with E-state index >= 15 is 0 Å². The number of carbonyl (C=O) groups is 2. The first-order valence-corrected chi connectivity index (χ1v) is 10.6. The van der Waals surface area contributed by atoms with Crippen LogP contribution in [0.3, 0.4) is 0 Å². The summed E-state index contributed by atoms with van der Waals surface area (Å²) in [6.07, 6.45) is 5.16. The van der Waals surface area contributed by atoms with Crippen LogP contribution < -0.4 is 0 Å². The molecule has 1 aromatic rings. The third kappa shape index (κ3) is 5.59. The summed E-state index contributed by atoms with van der Waals surface area (Å²) in [6, 6.07) is 9.80. The maximum absolute atomic E-state index is 12.2. The van der Waals surface area contributed by atoms with Gasteiger partial charge in [-0.25, -0.2) is 0 Å². The lowest BCUT2D eigenvalue weighted by atomic mass is 9.62. The van der Waals surface area contributed by atoms with Gasteiger partial charge in [0.2, 0.25) is 0 Å². The van der Waals surface area contributed by atoms with Crippen LogP contribution in [0.4, 0.5) is 0 Å². The molecule has 0 fully saturated rings. The van der Waals surface area contributed by atoms with Gasteiger partial charge in [-0.3, -0.25) is 9.59 Å². The lowest BCUT2D eigenvalue weighted by Crippen LogP contribution is -2.42. The predicted octanol–water partition coefficient (Wildman–Crippen LogP) is 6.19. The number of rotatable bonds is 12. The van der Waals surface area contributed by atoms with Crippen molar-refractivity contribution in [3.8, 4) is 0 Å². The van der Waals surface area contributed by atoms with E-state index in [2.05, 4.69) is 0 Å². The van der Waals surface area contributed by atoms with Crippen molar-refractivity contribution >= 4 is 11.9 Å². The van der Waals surface area contributed by atoms with Crippen molar-refractivity contribution < 1.29 is 19.8 Å². The summed E-state index contributed by atoms with van der Waals surface area (Å²) in [6.45, 7) is 9.91. The maximum atomic E-state index is 12.2. The monoisotopic (exact) mass is 390 g/mol. The third-order valence-electron chi connectivity index (χ3n) is 6.53. The number of carboxylic acid groups (broad SMARTS) is 2. The molecule has 158 valence electrons. The molecule has 0 radical (unpaired) electrons. The molecule has 2 N–H and O–H groups in total. The summed E-state index contributed by atoms with van der Waals surface area (Å²) in [5.74, 6) is -1.49. The Labute approximate surface area is 170 Å². The summed E-state index contributed by atoms with van der Waals surface area (Å²) in [4.78, 5) is 24.3. The number of carboxylic acids is 2. The number of aliphatic carboxylic acids is 2. The zero-order valence-corrected chi connectivity index (χ0v) is 18.3. The molecular formula is C24H38O4. The Balaban J connectivity index is 2.91. The molecule has 0 saturated carbocycles. The van der Waals surface area contributed by atoms with Crippen molar-refractivity contribution in [2.24, 2.45) is 16.2 Å². The SMILES string of the molecule is CCCC(CCCCC(CC)(C(=O)O)C(C)(C)C)(Cc1ccccc1)C(=O)O. The Morgan fingerprint density at radius 1 is 0.857 bits per heavy atom. The van der Waals surface area contributed by atoms with E-state index in [-0.39, 0.29) is 5.41 Å². The smallest absolute Gasteiger partial charge is 0.310 e. The fourth-order valence-corrected chi connectivity index (χ4v) is 4.61. The first-order chi connectivity index (χ1) is 13.0. The molecule has 0 heterocycles. The van der Waals surface area contributed by atoms with Gasteiger partial charge in [-0.05, 0) is 43.1 Å². The molecule has 2 unspecified atom stereocenters. The molecule has 0 amide bonds. The van der Waals surface area contributed by atoms with Crippen LogP contribution in [0.15, 0.2) is 30.3 Å². The normalized spacial score (nSPS) is 16.2. The molecule has 2 atom stereocenters. The molecule has 0 aliphatic heterocycles. The summed E-state index contributed by atoms with van der Waals surface area (Å²) in [7, 11) is 0. The zero-order valence-electron chi connectivity index (χ0n) is 18.3. The Morgan fingerprint density at radius 2 is 1.43 bits per heavy atom. The fraction of sp³-hybridized carbons (Fsp3) is 0.667. The van der Waals surface area contributed by atoms with Gasteiger partial charge in [-0.15, -0.1) is 0 Å².